The van der Waals surface area contributed by atoms with Gasteiger partial charge >= 0.3 is 114 Å². The van der Waals surface area contributed by atoms with Crippen LogP contribution in [0.2, 0.25) is 0 Å². The molecule has 2 rings (SSSR count). The van der Waals surface area contributed by atoms with E-state index in [-0.39, 0.29) is 0 Å². The summed E-state index contributed by atoms with van der Waals surface area (Å²) in [7, 11) is -74.2. The third-order valence-corrected chi connectivity index (χ3v) is 13.7. The summed E-state index contributed by atoms with van der Waals surface area (Å²) in [6, 6.07) is 0. The van der Waals surface area contributed by atoms with E-state index < -0.39 is 238 Å². The van der Waals surface area contributed by atoms with Crippen LogP contribution in [-0.2, 0) is 195 Å². The van der Waals surface area contributed by atoms with Crippen LogP contribution in [-0.4, -0.2) is 263 Å². The van der Waals surface area contributed by atoms with E-state index in [2.05, 4.69) is 50.2 Å². The van der Waals surface area contributed by atoms with Gasteiger partial charge in [0, 0.05) is 0 Å². The molecule has 0 amide bonds. The first-order valence-corrected chi connectivity index (χ1v) is 34.4. The Hall–Kier alpha value is -1.68. The lowest BCUT2D eigenvalue weighted by Gasteiger charge is -2.43. The first-order chi connectivity index (χ1) is 35.8. The highest BCUT2D eigenvalue weighted by Crippen LogP contribution is 2.35. The molecule has 2 fully saturated rings. The zero-order valence-electron chi connectivity index (χ0n) is 37.1. The molecule has 0 aromatic carbocycles. The van der Waals surface area contributed by atoms with Crippen molar-refractivity contribution in [3.05, 3.63) is 0 Å². The van der Waals surface area contributed by atoms with Gasteiger partial charge in [-0.2, -0.15) is 92.6 Å². The second-order valence-electron chi connectivity index (χ2n) is 14.0. The molecule has 0 aromatic rings. The number of rotatable bonds is 35. The van der Waals surface area contributed by atoms with Crippen LogP contribution in [0.15, 0.2) is 0 Å². The van der Waals surface area contributed by atoms with Crippen molar-refractivity contribution in [3.8, 4) is 0 Å². The zero-order chi connectivity index (χ0) is 63.3. The number of hydrogen-bond acceptors (Lipinski definition) is 40. The van der Waals surface area contributed by atoms with Gasteiger partial charge in [0.2, 0.25) is 0 Å². The Morgan fingerprint density at radius 3 is 0.840 bits per heavy atom. The Bertz CT molecular complexity index is 3540. The number of thiol groups is 1. The summed E-state index contributed by atoms with van der Waals surface area (Å²) in [5.74, 6) is 0. The topological polar surface area (TPSA) is 780 Å². The van der Waals surface area contributed by atoms with Crippen LogP contribution in [0.3, 0.4) is 0 Å². The summed E-state index contributed by atoms with van der Waals surface area (Å²) in [6.45, 7) is -9.07. The molecule has 0 spiro atoms. The third kappa shape index (κ3) is 31.0. The van der Waals surface area contributed by atoms with Crippen molar-refractivity contribution in [2.24, 2.45) is 0 Å². The summed E-state index contributed by atoms with van der Waals surface area (Å²) in [6.07, 6.45) is -48.8. The predicted molar refractivity (Wildman–Crippen MR) is 227 cm³/mol. The second kappa shape index (κ2) is 28.0. The third-order valence-electron chi connectivity index (χ3n) is 8.18. The normalized spacial score (nSPS) is 27.1. The molecule has 2 saturated heterocycles. The van der Waals surface area contributed by atoms with Gasteiger partial charge in [0.05, 0.1) is 26.4 Å². The van der Waals surface area contributed by atoms with Gasteiger partial charge in [-0.05, 0) is 0 Å². The summed E-state index contributed by atoms with van der Waals surface area (Å²) in [5, 5.41) is 0. The highest BCUT2D eigenvalue weighted by atomic mass is 32.3. The van der Waals surface area contributed by atoms with Gasteiger partial charge < -0.3 is 18.9 Å². The van der Waals surface area contributed by atoms with Crippen molar-refractivity contribution >= 4 is 125 Å². The van der Waals surface area contributed by atoms with Crippen molar-refractivity contribution < 1.29 is 220 Å². The largest absolute Gasteiger partial charge is 0.397 e. The van der Waals surface area contributed by atoms with E-state index >= 15 is 0 Å². The molecular formula is C18H34O51S12. The predicted octanol–water partition coefficient (Wildman–Crippen LogP) is -10.3. The monoisotopic (exact) mass is 1450 g/mol. The summed E-state index contributed by atoms with van der Waals surface area (Å²) >= 11 is 0. The van der Waals surface area contributed by atoms with E-state index in [9.17, 15) is 142 Å². The molecule has 0 bridgehead atoms. The van der Waals surface area contributed by atoms with E-state index in [1.807, 2.05) is 0 Å². The molecule has 2 aliphatic rings. The van der Waals surface area contributed by atoms with Crippen LogP contribution in [0.1, 0.15) is 0 Å². The molecule has 63 heteroatoms. The molecule has 11 N–H and O–H groups in total. The Kier molecular flexibility index (Phi) is 26.1. The fourth-order valence-electron chi connectivity index (χ4n) is 6.05. The van der Waals surface area contributed by atoms with Gasteiger partial charge in [0.15, 0.2) is 24.8 Å². The van der Waals surface area contributed by atoms with Crippen molar-refractivity contribution in [2.45, 2.75) is 85.8 Å². The molecule has 0 aromatic heterocycles. The molecule has 81 heavy (non-hydrogen) atoms. The van der Waals surface area contributed by atoms with Gasteiger partial charge in [0.1, 0.15) is 61.0 Å². The van der Waals surface area contributed by atoms with E-state index in [1.54, 1.807) is 0 Å². The lowest BCUT2D eigenvalue weighted by Crippen LogP contribution is -2.63. The maximum absolute atomic E-state index is 12.3. The summed E-state index contributed by atoms with van der Waals surface area (Å²) in [4.78, 5) is 0. The number of hydrogen-bond donors (Lipinski definition) is 12. The Morgan fingerprint density at radius 1 is 0.333 bits per heavy atom. The number of ether oxygens (including phenoxy) is 4. The Morgan fingerprint density at radius 2 is 0.593 bits per heavy atom. The second-order valence-corrected chi connectivity index (χ2v) is 26.3. The summed E-state index contributed by atoms with van der Waals surface area (Å²) < 4.78 is 458. The average Bonchev–Trinajstić information content (AvgIpc) is 3.17. The van der Waals surface area contributed by atoms with Gasteiger partial charge in [-0.3, -0.25) is 54.3 Å². The van der Waals surface area contributed by atoms with Crippen LogP contribution >= 0.6 is 0 Å². The maximum Gasteiger partial charge on any atom is 0.397 e. The average molecular weight is 1450 g/mol. The molecule has 0 radical (unpaired) electrons. The van der Waals surface area contributed by atoms with Gasteiger partial charge in [-0.1, -0.05) is 0 Å². The molecular weight excluding hydrogens is 1420 g/mol. The molecule has 14 atom stereocenters. The van der Waals surface area contributed by atoms with E-state index in [0.29, 0.717) is 0 Å². The molecule has 2 heterocycles. The lowest BCUT2D eigenvalue weighted by atomic mass is 9.99. The lowest BCUT2D eigenvalue weighted by molar-refractivity contribution is -0.294. The minimum atomic E-state index is -6.66. The minimum Gasteiger partial charge on any atom is -0.347 e. The van der Waals surface area contributed by atoms with Gasteiger partial charge in [-0.25, -0.2) is 54.4 Å². The van der Waals surface area contributed by atoms with Gasteiger partial charge in [-0.15, -0.1) is 0 Å². The summed E-state index contributed by atoms with van der Waals surface area (Å²) in [5.41, 5.74) is 0. The minimum absolute atomic E-state index is 2.05. The first kappa shape index (κ1) is 75.4. The fourth-order valence-corrected chi connectivity index (χ4v) is 11.6. The Balaban J connectivity index is 3.10. The van der Waals surface area contributed by atoms with E-state index in [4.69, 9.17) is 28.1 Å². The Labute approximate surface area is 455 Å². The highest BCUT2D eigenvalue weighted by molar-refractivity contribution is 7.83. The smallest absolute Gasteiger partial charge is 0.347 e. The van der Waals surface area contributed by atoms with Crippen LogP contribution in [0.5, 0.6) is 0 Å². The molecule has 0 unspecified atom stereocenters. The molecule has 51 nitrogen and oxygen atoms in total. The van der Waals surface area contributed by atoms with E-state index in [0.717, 1.165) is 0 Å². The zero-order valence-corrected chi connectivity index (χ0v) is 47.0. The van der Waals surface area contributed by atoms with Crippen molar-refractivity contribution in [2.75, 3.05) is 26.4 Å². The van der Waals surface area contributed by atoms with Crippen LogP contribution in [0.4, 0.5) is 0 Å². The molecule has 2 aliphatic heterocycles. The van der Waals surface area contributed by atoms with E-state index in [1.165, 1.54) is 0 Å². The quantitative estimate of drug-likeness (QED) is 0.0207. The van der Waals surface area contributed by atoms with Crippen LogP contribution in [0.25, 0.3) is 0 Å². The van der Waals surface area contributed by atoms with Gasteiger partial charge in [0.25, 0.3) is 11.0 Å². The standard InChI is InChI=1S/C18H34O51S12/c19-70(20)60-9(7(61-73(27,28)29)1-54-17-15(68-80(48,49)50)13(66-78(42,43)44)10(63-75(33,34)35)5(58-17)3-56-71(21,22)23)12(65-77(39,40)41)8(62-74(30,31)32)2-55-18-16(69-81(51,52)53)14(67-79(45,46)47)11(64-76(36,37)38)6(59-18)4-57-72(24,25)26/h5-18,70H,1-4H2,(H,21,22,23)(H,24,25,26)(H,27,28,29)(H,30,31,32)(H,33,34,35)(H,36,37,38)(H,39,40,41)(H,42,43,44)(H,45,46,47)(H,48,49,50)(H,51,52,53)/t5-,6-,7-,8-,9-,10-,11-,12-,13+,14+,15-,16-,17-,18-/m1/s1. The van der Waals surface area contributed by atoms with Crippen molar-refractivity contribution in [3.63, 3.8) is 0 Å². The fraction of sp³-hybridized carbons (Fsp3) is 1.00. The molecule has 484 valence electrons. The van der Waals surface area contributed by atoms with Crippen molar-refractivity contribution in [1.29, 1.82) is 0 Å². The highest BCUT2D eigenvalue weighted by Gasteiger charge is 2.57. The molecule has 0 aliphatic carbocycles. The first-order valence-electron chi connectivity index (χ1n) is 18.3. The van der Waals surface area contributed by atoms with Crippen LogP contribution in [0, 0.1) is 0 Å². The van der Waals surface area contributed by atoms with Crippen molar-refractivity contribution in [1.82, 2.24) is 0 Å². The SMILES string of the molecule is O=[SH](=O)O[C@@H]([C@H](OS(=O)(=O)O)[C@@H](CO[C@@H]1O[C@H](COS(=O)(=O)O)[C@@H](OS(=O)(=O)O)[C@H](OS(=O)(=O)O)[C@H]1OS(=O)(=O)O)OS(=O)(=O)O)[C@@H](CO[C@@H]1O[C@H](COS(=O)(=O)O)[C@@H](OS(=O)(=O)O)[C@H](OS(=O)(=O)O)[C@H]1OS(=O)(=O)O)OS(=O)(=O)O. The van der Waals surface area contributed by atoms with Crippen LogP contribution < -0.4 is 0 Å². The maximum atomic E-state index is 12.3. The molecule has 0 saturated carbocycles.